The smallest absolute Gasteiger partial charge is 0.407 e. The van der Waals surface area contributed by atoms with Crippen LogP contribution in [-0.4, -0.2) is 115 Å². The largest absolute Gasteiger partial charge is 0.453 e. The van der Waals surface area contributed by atoms with Gasteiger partial charge in [-0.1, -0.05) is 76.2 Å². The van der Waals surface area contributed by atoms with Gasteiger partial charge in [0.25, 0.3) is 0 Å². The Morgan fingerprint density at radius 3 is 2.03 bits per heavy atom. The zero-order valence-corrected chi connectivity index (χ0v) is 37.1. The van der Waals surface area contributed by atoms with E-state index in [9.17, 15) is 18.6 Å². The van der Waals surface area contributed by atoms with Gasteiger partial charge in [0.1, 0.15) is 24.3 Å². The molecule has 0 spiro atoms. The highest BCUT2D eigenvalue weighted by molar-refractivity contribution is 7.84. The van der Waals surface area contributed by atoms with Crippen molar-refractivity contribution in [3.05, 3.63) is 72.6 Å². The van der Waals surface area contributed by atoms with E-state index in [1.54, 1.807) is 11.2 Å². The number of nitrogens with zero attached hydrogens (tertiary/aromatic N) is 4. The molecule has 2 fully saturated rings. The van der Waals surface area contributed by atoms with Crippen molar-refractivity contribution in [3.63, 3.8) is 0 Å². The number of thiol groups is 1. The lowest BCUT2D eigenvalue weighted by Crippen LogP contribution is -2.50. The van der Waals surface area contributed by atoms with Crippen LogP contribution in [0.4, 0.5) is 4.79 Å². The Balaban J connectivity index is 0.000000302. The lowest BCUT2D eigenvalue weighted by atomic mass is 9.95. The fourth-order valence-corrected chi connectivity index (χ4v) is 8.56. The van der Waals surface area contributed by atoms with Crippen molar-refractivity contribution in [2.24, 2.45) is 23.7 Å². The predicted octanol–water partition coefficient (Wildman–Crippen LogP) is 6.44. The number of aromatic nitrogens is 4. The van der Waals surface area contributed by atoms with Crippen LogP contribution in [0.5, 0.6) is 0 Å². The molecule has 15 nitrogen and oxygen atoms in total. The minimum absolute atomic E-state index is 0.00107. The molecular weight excluding hydrogens is 805 g/mol. The number of carbonyl (C=O) groups is 3. The second kappa shape index (κ2) is 21.5. The molecule has 17 heteroatoms. The number of nitrogens with one attached hydrogen (secondary N) is 4. The van der Waals surface area contributed by atoms with Gasteiger partial charge >= 0.3 is 6.09 Å². The van der Waals surface area contributed by atoms with Crippen molar-refractivity contribution in [1.82, 2.24) is 35.1 Å². The minimum atomic E-state index is -0.920. The first-order valence-electron chi connectivity index (χ1n) is 20.2. The maximum atomic E-state index is 13.6. The number of amides is 3. The molecule has 4 heterocycles. The number of ether oxygens (including phenoxy) is 1. The van der Waals surface area contributed by atoms with Crippen LogP contribution in [0.3, 0.4) is 0 Å². The van der Waals surface area contributed by atoms with Crippen molar-refractivity contribution in [2.45, 2.75) is 64.8 Å². The van der Waals surface area contributed by atoms with Crippen LogP contribution in [0, 0.1) is 36.0 Å². The maximum Gasteiger partial charge on any atom is 0.407 e. The highest BCUT2D eigenvalue weighted by atomic mass is 32.2. The molecule has 2 aromatic carbocycles. The standard InChI is InChI=1S/C31H36N6O3S.C12H22N2O4S/c1-19(2)26(16-39-40-18-32)31(38)37-15-21(17-41)12-29(37)30-34-14-28(36-30)25-10-6-23(7-11-25)22-4-8-24(9-5-22)27-13-33-20(3)35-27;1-8(2)10(13-12(16)18-3)11(15)14-6-5-9(7-14)19(4)17/h4-11,13-14,18-19,21,26,29,32,41H,12,15-17H2,1-3H3,(H,33,35)(H,34,36);8-10H,5-7H2,1-4H3,(H,13,16)/t21-,26-,29-;9-,10-,19?/m00/s1. The van der Waals surface area contributed by atoms with Gasteiger partial charge in [0.05, 0.1) is 48.1 Å². The number of aryl methyl sites for hydroxylation is 1. The monoisotopic (exact) mass is 862 g/mol. The number of benzene rings is 2. The van der Waals surface area contributed by atoms with E-state index in [-0.39, 0.29) is 47.5 Å². The molecule has 0 bridgehead atoms. The van der Waals surface area contributed by atoms with Crippen LogP contribution in [-0.2, 0) is 34.9 Å². The van der Waals surface area contributed by atoms with E-state index in [1.807, 2.05) is 51.9 Å². The lowest BCUT2D eigenvalue weighted by Gasteiger charge is -2.29. The Morgan fingerprint density at radius 1 is 0.933 bits per heavy atom. The molecule has 0 radical (unpaired) electrons. The van der Waals surface area contributed by atoms with Crippen molar-refractivity contribution >= 4 is 47.7 Å². The summed E-state index contributed by atoms with van der Waals surface area (Å²) in [5.74, 6) is 2.12. The molecular formula is C43H58N8O7S2. The summed E-state index contributed by atoms with van der Waals surface area (Å²) in [5, 5.41) is 9.60. The van der Waals surface area contributed by atoms with Gasteiger partial charge in [-0.2, -0.15) is 17.5 Å². The third-order valence-electron chi connectivity index (χ3n) is 11.1. The average molecular weight is 863 g/mol. The molecule has 1 unspecified atom stereocenters. The number of aromatic amines is 2. The van der Waals surface area contributed by atoms with E-state index in [0.29, 0.717) is 31.8 Å². The summed E-state index contributed by atoms with van der Waals surface area (Å²) in [6, 6.07) is 16.0. The molecule has 324 valence electrons. The maximum absolute atomic E-state index is 13.6. The summed E-state index contributed by atoms with van der Waals surface area (Å²) >= 11 is 4.52. The molecule has 0 aliphatic carbocycles. The third kappa shape index (κ3) is 11.6. The molecule has 6 atom stereocenters. The molecule has 2 aliphatic rings. The molecule has 2 aromatic heterocycles. The predicted molar refractivity (Wildman–Crippen MR) is 236 cm³/mol. The number of hydrogen-bond donors (Lipinski definition) is 5. The summed E-state index contributed by atoms with van der Waals surface area (Å²) in [6.07, 6.45) is 6.99. The van der Waals surface area contributed by atoms with Crippen LogP contribution in [0.2, 0.25) is 0 Å². The molecule has 2 aliphatic heterocycles. The molecule has 3 amide bonds. The Bertz CT molecular complexity index is 2070. The number of carbonyl (C=O) groups excluding carboxylic acids is 3. The van der Waals surface area contributed by atoms with Gasteiger partial charge in [-0.15, -0.1) is 0 Å². The topological polar surface area (TPSA) is 196 Å². The summed E-state index contributed by atoms with van der Waals surface area (Å²) in [4.78, 5) is 66.3. The zero-order valence-electron chi connectivity index (χ0n) is 35.3. The van der Waals surface area contributed by atoms with E-state index < -0.39 is 28.9 Å². The first-order chi connectivity index (χ1) is 28.7. The molecule has 2 saturated heterocycles. The van der Waals surface area contributed by atoms with Gasteiger partial charge in [0, 0.05) is 36.7 Å². The average Bonchev–Trinajstić information content (AvgIpc) is 4.08. The van der Waals surface area contributed by atoms with E-state index in [4.69, 9.17) is 15.3 Å². The lowest BCUT2D eigenvalue weighted by molar-refractivity contribution is -0.229. The first kappa shape index (κ1) is 46.1. The number of H-pyrrole nitrogens is 2. The second-order valence-electron chi connectivity index (χ2n) is 15.9. The Kier molecular flexibility index (Phi) is 16.5. The van der Waals surface area contributed by atoms with Gasteiger partial charge < -0.3 is 34.7 Å². The molecule has 60 heavy (non-hydrogen) atoms. The van der Waals surface area contributed by atoms with Crippen LogP contribution in [0.25, 0.3) is 33.6 Å². The van der Waals surface area contributed by atoms with Crippen LogP contribution >= 0.6 is 12.6 Å². The summed E-state index contributed by atoms with van der Waals surface area (Å²) in [5.41, 5.74) is 6.29. The van der Waals surface area contributed by atoms with Crippen molar-refractivity contribution < 1.29 is 33.1 Å². The highest BCUT2D eigenvalue weighted by Crippen LogP contribution is 2.37. The van der Waals surface area contributed by atoms with Gasteiger partial charge in [-0.25, -0.2) is 14.8 Å². The SMILES string of the molecule is COC(=O)N[C@H](C(=O)N1CC[C@H](S(C)=O)C1)C(C)C.Cc1ncc(-c2ccc(-c3ccc(-c4cnc([C@@H]5C[C@H](CS)CN5C(=O)[C@@H](COOC=N)C(C)C)[nH]4)cc3)cc2)[nH]1. The van der Waals surface area contributed by atoms with Crippen molar-refractivity contribution in [2.75, 3.05) is 45.4 Å². The quantitative estimate of drug-likeness (QED) is 0.0223. The molecule has 0 saturated carbocycles. The summed E-state index contributed by atoms with van der Waals surface area (Å²) in [6.45, 7) is 11.4. The van der Waals surface area contributed by atoms with Crippen LogP contribution in [0.1, 0.15) is 58.2 Å². The molecule has 4 N–H and O–H groups in total. The van der Waals surface area contributed by atoms with E-state index in [0.717, 1.165) is 58.1 Å². The van der Waals surface area contributed by atoms with Crippen LogP contribution < -0.4 is 5.32 Å². The number of hydrogen-bond acceptors (Lipinski definition) is 11. The van der Waals surface area contributed by atoms with Gasteiger partial charge in [-0.05, 0) is 65.5 Å². The van der Waals surface area contributed by atoms with Gasteiger partial charge in [0.2, 0.25) is 18.2 Å². The number of likely N-dealkylation sites (tertiary alicyclic amines) is 2. The van der Waals surface area contributed by atoms with Gasteiger partial charge in [-0.3, -0.25) is 19.2 Å². The molecule has 6 rings (SSSR count). The highest BCUT2D eigenvalue weighted by Gasteiger charge is 2.41. The Hall–Kier alpha value is -5.00. The fourth-order valence-electron chi connectivity index (χ4n) is 7.47. The van der Waals surface area contributed by atoms with E-state index in [2.05, 4.69) is 91.1 Å². The number of methoxy groups -OCH3 is 1. The van der Waals surface area contributed by atoms with E-state index >= 15 is 0 Å². The number of rotatable bonds is 15. The summed E-state index contributed by atoms with van der Waals surface area (Å²) in [7, 11) is 0.347. The van der Waals surface area contributed by atoms with Crippen LogP contribution in [0.15, 0.2) is 60.9 Å². The first-order valence-corrected chi connectivity index (χ1v) is 22.4. The number of alkyl carbamates (subject to hydrolysis) is 1. The number of imidazole rings is 2. The summed E-state index contributed by atoms with van der Waals surface area (Å²) < 4.78 is 16.0. The third-order valence-corrected chi connectivity index (χ3v) is 12.9. The van der Waals surface area contributed by atoms with E-state index in [1.165, 1.54) is 7.11 Å². The minimum Gasteiger partial charge on any atom is -0.453 e. The van der Waals surface area contributed by atoms with Crippen molar-refractivity contribution in [1.29, 1.82) is 5.41 Å². The Morgan fingerprint density at radius 2 is 1.53 bits per heavy atom. The fraction of sp³-hybridized carbons (Fsp3) is 0.488. The Labute approximate surface area is 360 Å². The van der Waals surface area contributed by atoms with Crippen molar-refractivity contribution in [3.8, 4) is 33.6 Å². The normalized spacial score (nSPS) is 19.1. The second-order valence-corrected chi connectivity index (χ2v) is 17.9. The van der Waals surface area contributed by atoms with Gasteiger partial charge in [0.15, 0.2) is 0 Å². The zero-order chi connectivity index (χ0) is 43.5. The molecule has 4 aromatic rings.